The van der Waals surface area contributed by atoms with Gasteiger partial charge < -0.3 is 24.6 Å². The lowest BCUT2D eigenvalue weighted by molar-refractivity contribution is 0.0697. The highest BCUT2D eigenvalue weighted by Crippen LogP contribution is 2.37. The molecule has 0 saturated carbocycles. The third-order valence-electron chi connectivity index (χ3n) is 3.51. The molecule has 0 aromatic heterocycles. The number of rotatable bonds is 8. The van der Waals surface area contributed by atoms with E-state index in [1.165, 1.54) is 13.2 Å². The summed E-state index contributed by atoms with van der Waals surface area (Å²) in [6, 6.07) is 8.47. The lowest BCUT2D eigenvalue weighted by Crippen LogP contribution is -2.05. The number of methoxy groups -OCH3 is 2. The second-order valence-electron chi connectivity index (χ2n) is 5.12. The van der Waals surface area contributed by atoms with Gasteiger partial charge in [-0.3, -0.25) is 0 Å². The molecule has 0 atom stereocenters. The van der Waals surface area contributed by atoms with Crippen LogP contribution < -0.4 is 19.5 Å². The van der Waals surface area contributed by atoms with Crippen molar-refractivity contribution in [3.8, 4) is 17.2 Å². The summed E-state index contributed by atoms with van der Waals surface area (Å²) in [6.07, 6.45) is 0. The van der Waals surface area contributed by atoms with Crippen LogP contribution in [0.4, 0.5) is 5.69 Å². The Balaban J connectivity index is 2.25. The number of carboxylic acids is 1. The SMILES string of the molecule is CCOc1c(Br)cc(CNc2cc(C(=O)O)ccc2OC)cc1OC. The molecule has 0 heterocycles. The molecule has 7 heteroatoms. The monoisotopic (exact) mass is 409 g/mol. The van der Waals surface area contributed by atoms with Gasteiger partial charge in [0.05, 0.1) is 36.6 Å². The molecule has 0 aliphatic rings. The van der Waals surface area contributed by atoms with E-state index in [0.717, 1.165) is 10.0 Å². The third kappa shape index (κ3) is 4.57. The molecule has 0 radical (unpaired) electrons. The largest absolute Gasteiger partial charge is 0.495 e. The standard InChI is InChI=1S/C18H20BrNO5/c1-4-25-17-13(19)7-11(8-16(17)24-3)10-20-14-9-12(18(21)22)5-6-15(14)23-2/h5-9,20H,4,10H2,1-3H3,(H,21,22). The van der Waals surface area contributed by atoms with E-state index in [1.807, 2.05) is 19.1 Å². The number of hydrogen-bond acceptors (Lipinski definition) is 5. The molecule has 2 aromatic carbocycles. The lowest BCUT2D eigenvalue weighted by Gasteiger charge is -2.15. The average molecular weight is 410 g/mol. The van der Waals surface area contributed by atoms with E-state index < -0.39 is 5.97 Å². The number of halogens is 1. The molecule has 0 bridgehead atoms. The van der Waals surface area contributed by atoms with Crippen molar-refractivity contribution in [3.63, 3.8) is 0 Å². The van der Waals surface area contributed by atoms with Crippen LogP contribution >= 0.6 is 15.9 Å². The van der Waals surface area contributed by atoms with Gasteiger partial charge in [-0.2, -0.15) is 0 Å². The van der Waals surface area contributed by atoms with Gasteiger partial charge in [0.25, 0.3) is 0 Å². The van der Waals surface area contributed by atoms with Crippen molar-refractivity contribution in [1.29, 1.82) is 0 Å². The number of hydrogen-bond donors (Lipinski definition) is 2. The first kappa shape index (κ1) is 18.9. The third-order valence-corrected chi connectivity index (χ3v) is 4.10. The molecule has 2 rings (SSSR count). The quantitative estimate of drug-likeness (QED) is 0.680. The van der Waals surface area contributed by atoms with Crippen molar-refractivity contribution < 1.29 is 24.1 Å². The predicted octanol–water partition coefficient (Wildman–Crippen LogP) is 4.18. The van der Waals surface area contributed by atoms with E-state index in [1.54, 1.807) is 19.2 Å². The van der Waals surface area contributed by atoms with Crippen molar-refractivity contribution in [2.24, 2.45) is 0 Å². The van der Waals surface area contributed by atoms with Gasteiger partial charge in [0, 0.05) is 6.54 Å². The van der Waals surface area contributed by atoms with Gasteiger partial charge >= 0.3 is 5.97 Å². The smallest absolute Gasteiger partial charge is 0.335 e. The van der Waals surface area contributed by atoms with Crippen LogP contribution in [0.15, 0.2) is 34.8 Å². The number of benzene rings is 2. The molecule has 2 N–H and O–H groups in total. The molecule has 6 nitrogen and oxygen atoms in total. The van der Waals surface area contributed by atoms with E-state index in [0.29, 0.717) is 36.1 Å². The highest BCUT2D eigenvalue weighted by atomic mass is 79.9. The zero-order valence-corrected chi connectivity index (χ0v) is 15.8. The van der Waals surface area contributed by atoms with E-state index in [2.05, 4.69) is 21.2 Å². The molecule has 2 aromatic rings. The van der Waals surface area contributed by atoms with E-state index in [-0.39, 0.29) is 5.56 Å². The summed E-state index contributed by atoms with van der Waals surface area (Å²) in [5, 5.41) is 12.3. The molecular weight excluding hydrogens is 390 g/mol. The number of carbonyl (C=O) groups is 1. The summed E-state index contributed by atoms with van der Waals surface area (Å²) < 4.78 is 17.0. The molecule has 0 saturated heterocycles. The second-order valence-corrected chi connectivity index (χ2v) is 5.97. The Labute approximate surface area is 154 Å². The van der Waals surface area contributed by atoms with Gasteiger partial charge in [-0.15, -0.1) is 0 Å². The minimum absolute atomic E-state index is 0.189. The van der Waals surface area contributed by atoms with E-state index in [9.17, 15) is 4.79 Å². The molecule has 0 aliphatic carbocycles. The molecule has 0 aliphatic heterocycles. The van der Waals surface area contributed by atoms with Gasteiger partial charge in [-0.1, -0.05) is 0 Å². The molecular formula is C18H20BrNO5. The van der Waals surface area contributed by atoms with Gasteiger partial charge in [-0.25, -0.2) is 4.79 Å². The normalized spacial score (nSPS) is 10.2. The minimum Gasteiger partial charge on any atom is -0.495 e. The number of carboxylic acid groups (broad SMARTS) is 1. The van der Waals surface area contributed by atoms with Crippen molar-refractivity contribution >= 4 is 27.6 Å². The molecule has 0 amide bonds. The van der Waals surface area contributed by atoms with Gasteiger partial charge in [0.15, 0.2) is 11.5 Å². The summed E-state index contributed by atoms with van der Waals surface area (Å²) >= 11 is 3.49. The zero-order chi connectivity index (χ0) is 18.4. The van der Waals surface area contributed by atoms with Gasteiger partial charge in [0.2, 0.25) is 0 Å². The van der Waals surface area contributed by atoms with Crippen LogP contribution in [-0.4, -0.2) is 31.9 Å². The molecule has 0 spiro atoms. The highest BCUT2D eigenvalue weighted by molar-refractivity contribution is 9.10. The van der Waals surface area contributed by atoms with Crippen LogP contribution in [-0.2, 0) is 6.54 Å². The molecule has 0 unspecified atom stereocenters. The summed E-state index contributed by atoms with van der Waals surface area (Å²) in [5.41, 5.74) is 1.73. The summed E-state index contributed by atoms with van der Waals surface area (Å²) in [5.74, 6) is 0.858. The van der Waals surface area contributed by atoms with E-state index >= 15 is 0 Å². The van der Waals surface area contributed by atoms with Crippen molar-refractivity contribution in [1.82, 2.24) is 0 Å². The fourth-order valence-corrected chi connectivity index (χ4v) is 2.94. The maximum absolute atomic E-state index is 11.1. The topological polar surface area (TPSA) is 77.0 Å². The minimum atomic E-state index is -0.990. The second kappa shape index (κ2) is 8.62. The van der Waals surface area contributed by atoms with Gasteiger partial charge in [-0.05, 0) is 58.7 Å². The first-order valence-electron chi connectivity index (χ1n) is 7.64. The lowest BCUT2D eigenvalue weighted by atomic mass is 10.1. The van der Waals surface area contributed by atoms with Crippen molar-refractivity contribution in [3.05, 3.63) is 45.9 Å². The van der Waals surface area contributed by atoms with Crippen LogP contribution in [0, 0.1) is 0 Å². The summed E-state index contributed by atoms with van der Waals surface area (Å²) in [7, 11) is 3.12. The Morgan fingerprint density at radius 2 is 1.88 bits per heavy atom. The van der Waals surface area contributed by atoms with Crippen LogP contribution in [0.1, 0.15) is 22.8 Å². The Morgan fingerprint density at radius 3 is 2.48 bits per heavy atom. The molecule has 134 valence electrons. The van der Waals surface area contributed by atoms with Crippen LogP contribution in [0.5, 0.6) is 17.2 Å². The number of ether oxygens (including phenoxy) is 3. The first-order valence-corrected chi connectivity index (χ1v) is 8.43. The van der Waals surface area contributed by atoms with Crippen LogP contribution in [0.2, 0.25) is 0 Å². The van der Waals surface area contributed by atoms with Crippen LogP contribution in [0.25, 0.3) is 0 Å². The van der Waals surface area contributed by atoms with Crippen LogP contribution in [0.3, 0.4) is 0 Å². The Hall–Kier alpha value is -2.41. The van der Waals surface area contributed by atoms with Crippen molar-refractivity contribution in [2.45, 2.75) is 13.5 Å². The number of anilines is 1. The Morgan fingerprint density at radius 1 is 1.16 bits per heavy atom. The fraction of sp³-hybridized carbons (Fsp3) is 0.278. The number of aromatic carboxylic acids is 1. The van der Waals surface area contributed by atoms with E-state index in [4.69, 9.17) is 19.3 Å². The Bertz CT molecular complexity index is 763. The maximum atomic E-state index is 11.1. The Kier molecular flexibility index (Phi) is 6.52. The number of nitrogens with one attached hydrogen (secondary N) is 1. The van der Waals surface area contributed by atoms with Gasteiger partial charge in [0.1, 0.15) is 5.75 Å². The van der Waals surface area contributed by atoms with Crippen molar-refractivity contribution in [2.75, 3.05) is 26.1 Å². The predicted molar refractivity (Wildman–Crippen MR) is 99.1 cm³/mol. The molecule has 25 heavy (non-hydrogen) atoms. The molecule has 0 fully saturated rings. The highest BCUT2D eigenvalue weighted by Gasteiger charge is 2.13. The summed E-state index contributed by atoms with van der Waals surface area (Å²) in [4.78, 5) is 11.1. The average Bonchev–Trinajstić information content (AvgIpc) is 2.61. The summed E-state index contributed by atoms with van der Waals surface area (Å²) in [6.45, 7) is 2.90. The zero-order valence-electron chi connectivity index (χ0n) is 14.3. The first-order chi connectivity index (χ1) is 12.0. The fourth-order valence-electron chi connectivity index (χ4n) is 2.34. The maximum Gasteiger partial charge on any atom is 0.335 e.